The molecule has 0 aliphatic carbocycles. The van der Waals surface area contributed by atoms with Crippen LogP contribution in [0.5, 0.6) is 11.5 Å². The Morgan fingerprint density at radius 1 is 0.312 bits per heavy atom. The van der Waals surface area contributed by atoms with Crippen LogP contribution in [0.25, 0.3) is 0 Å². The number of methoxy groups -OCH3 is 2. The molecule has 16 heteroatoms. The van der Waals surface area contributed by atoms with Gasteiger partial charge in [0.05, 0.1) is 154 Å². The molecule has 1 aromatic carbocycles. The number of hydrogen-bond donors (Lipinski definition) is 0. The summed E-state index contributed by atoms with van der Waals surface area (Å²) in [6, 6.07) is 3.71. The molecule has 0 aromatic heterocycles. The molecule has 0 bridgehead atoms. The first kappa shape index (κ1) is 45.3. The molecule has 0 unspecified atom stereocenters. The quantitative estimate of drug-likeness (QED) is 0.0904. The van der Waals surface area contributed by atoms with E-state index in [1.165, 1.54) is 0 Å². The van der Waals surface area contributed by atoms with Crippen molar-refractivity contribution in [3.63, 3.8) is 0 Å². The molecule has 1 rings (SSSR count). The van der Waals surface area contributed by atoms with E-state index < -0.39 is 0 Å². The number of rotatable bonds is 38. The van der Waals surface area contributed by atoms with E-state index in [1.54, 1.807) is 14.2 Å². The Kier molecular flexibility index (Phi) is 34.1. The van der Waals surface area contributed by atoms with Crippen molar-refractivity contribution in [3.8, 4) is 11.5 Å². The molecule has 0 saturated carbocycles. The SMILES string of the molecule is COCCOCCOCCOCCOCCOCCOc1cc(Br)c(OCCOCCOCCOCCOCCOCCOC)cc1Br. The number of ether oxygens (including phenoxy) is 14. The highest BCUT2D eigenvalue weighted by Crippen LogP contribution is 2.36. The van der Waals surface area contributed by atoms with Crippen LogP contribution in [0.15, 0.2) is 21.1 Å². The molecule has 0 heterocycles. The topological polar surface area (TPSA) is 129 Å². The summed E-state index contributed by atoms with van der Waals surface area (Å²) in [4.78, 5) is 0. The van der Waals surface area contributed by atoms with Gasteiger partial charge in [0.2, 0.25) is 0 Å². The maximum absolute atomic E-state index is 5.83. The average Bonchev–Trinajstić information content (AvgIpc) is 3.09. The van der Waals surface area contributed by atoms with Gasteiger partial charge in [0.1, 0.15) is 24.7 Å². The van der Waals surface area contributed by atoms with Crippen LogP contribution in [0.3, 0.4) is 0 Å². The van der Waals surface area contributed by atoms with E-state index >= 15 is 0 Å². The number of halogens is 2. The van der Waals surface area contributed by atoms with Gasteiger partial charge >= 0.3 is 0 Å². The molecule has 0 aliphatic heterocycles. The summed E-state index contributed by atoms with van der Waals surface area (Å²) < 4.78 is 77.6. The fraction of sp³-hybridized carbons (Fsp3) is 0.812. The summed E-state index contributed by atoms with van der Waals surface area (Å²) in [5.74, 6) is 1.36. The van der Waals surface area contributed by atoms with E-state index in [-0.39, 0.29) is 0 Å². The molecular formula is C32H56Br2O14. The van der Waals surface area contributed by atoms with Gasteiger partial charge in [-0.3, -0.25) is 0 Å². The molecule has 282 valence electrons. The normalized spacial score (nSPS) is 11.4. The van der Waals surface area contributed by atoms with Crippen LogP contribution < -0.4 is 9.47 Å². The van der Waals surface area contributed by atoms with Crippen molar-refractivity contribution < 1.29 is 66.3 Å². The van der Waals surface area contributed by atoms with Crippen LogP contribution in [0.1, 0.15) is 0 Å². The maximum Gasteiger partial charge on any atom is 0.134 e. The molecule has 1 aromatic rings. The lowest BCUT2D eigenvalue weighted by atomic mass is 10.3. The first-order chi connectivity index (χ1) is 23.7. The van der Waals surface area contributed by atoms with Gasteiger partial charge in [-0.15, -0.1) is 0 Å². The lowest BCUT2D eigenvalue weighted by Crippen LogP contribution is -2.15. The van der Waals surface area contributed by atoms with Crippen molar-refractivity contribution in [2.45, 2.75) is 0 Å². The minimum absolute atomic E-state index is 0.397. The Balaban J connectivity index is 1.91. The predicted octanol–water partition coefficient (Wildman–Crippen LogP) is 3.43. The monoisotopic (exact) mass is 822 g/mol. The predicted molar refractivity (Wildman–Crippen MR) is 185 cm³/mol. The highest BCUT2D eigenvalue weighted by molar-refractivity contribution is 9.11. The highest BCUT2D eigenvalue weighted by atomic mass is 79.9. The molecule has 48 heavy (non-hydrogen) atoms. The third kappa shape index (κ3) is 29.1. The molecule has 0 N–H and O–H groups in total. The van der Waals surface area contributed by atoms with E-state index in [9.17, 15) is 0 Å². The molecule has 0 amide bonds. The van der Waals surface area contributed by atoms with Crippen LogP contribution in [-0.4, -0.2) is 173 Å². The number of hydrogen-bond acceptors (Lipinski definition) is 14. The Hall–Kier alpha value is -0.700. The zero-order valence-electron chi connectivity index (χ0n) is 28.6. The smallest absolute Gasteiger partial charge is 0.134 e. The summed E-state index contributed by atoms with van der Waals surface area (Å²) in [5, 5.41) is 0. The van der Waals surface area contributed by atoms with Gasteiger partial charge in [-0.25, -0.2) is 0 Å². The van der Waals surface area contributed by atoms with Gasteiger partial charge in [0.15, 0.2) is 0 Å². The van der Waals surface area contributed by atoms with Crippen LogP contribution >= 0.6 is 31.9 Å². The van der Waals surface area contributed by atoms with Crippen LogP contribution in [0.4, 0.5) is 0 Å². The van der Waals surface area contributed by atoms with Gasteiger partial charge in [0, 0.05) is 14.2 Å². The first-order valence-electron chi connectivity index (χ1n) is 16.2. The Morgan fingerprint density at radius 2 is 0.500 bits per heavy atom. The van der Waals surface area contributed by atoms with Crippen molar-refractivity contribution >= 4 is 31.9 Å². The van der Waals surface area contributed by atoms with Crippen molar-refractivity contribution in [3.05, 3.63) is 21.1 Å². The Bertz CT molecular complexity index is 762. The summed E-state index contributed by atoms with van der Waals surface area (Å²) in [5.41, 5.74) is 0. The van der Waals surface area contributed by atoms with Gasteiger partial charge in [-0.2, -0.15) is 0 Å². The maximum atomic E-state index is 5.83. The molecule has 0 radical (unpaired) electrons. The fourth-order valence-electron chi connectivity index (χ4n) is 3.40. The molecule has 14 nitrogen and oxygen atoms in total. The minimum Gasteiger partial charge on any atom is -0.490 e. The molecule has 0 aliphatic rings. The third-order valence-corrected chi connectivity index (χ3v) is 7.04. The number of benzene rings is 1. The van der Waals surface area contributed by atoms with E-state index in [0.29, 0.717) is 170 Å². The Labute approximate surface area is 302 Å². The van der Waals surface area contributed by atoms with Crippen LogP contribution in [0, 0.1) is 0 Å². The average molecular weight is 825 g/mol. The molecular weight excluding hydrogens is 768 g/mol. The second-order valence-electron chi connectivity index (χ2n) is 9.52. The minimum atomic E-state index is 0.397. The van der Waals surface area contributed by atoms with E-state index in [1.807, 2.05) is 12.1 Å². The largest absolute Gasteiger partial charge is 0.490 e. The zero-order chi connectivity index (χ0) is 34.6. The van der Waals surface area contributed by atoms with Crippen LogP contribution in [0.2, 0.25) is 0 Å². The summed E-state index contributed by atoms with van der Waals surface area (Å²) >= 11 is 7.08. The van der Waals surface area contributed by atoms with Gasteiger partial charge < -0.3 is 66.3 Å². The lowest BCUT2D eigenvalue weighted by Gasteiger charge is -2.13. The van der Waals surface area contributed by atoms with Crippen molar-refractivity contribution in [1.29, 1.82) is 0 Å². The summed E-state index contributed by atoms with van der Waals surface area (Å²) in [6.45, 7) is 12.2. The summed E-state index contributed by atoms with van der Waals surface area (Å²) in [7, 11) is 3.29. The second kappa shape index (κ2) is 36.1. The molecule has 0 atom stereocenters. The standard InChI is InChI=1S/C32H56Br2O14/c1-35-3-5-37-7-9-39-11-13-41-15-17-43-19-21-45-23-25-47-31-27-30(34)32(28-29(31)33)48-26-24-46-22-20-44-18-16-42-14-12-40-10-8-38-6-4-36-2/h27-28H,3-26H2,1-2H3. The van der Waals surface area contributed by atoms with Gasteiger partial charge in [0.25, 0.3) is 0 Å². The third-order valence-electron chi connectivity index (χ3n) is 5.80. The van der Waals surface area contributed by atoms with Gasteiger partial charge in [-0.05, 0) is 44.0 Å². The van der Waals surface area contributed by atoms with E-state index in [2.05, 4.69) is 31.9 Å². The van der Waals surface area contributed by atoms with Crippen molar-refractivity contribution in [1.82, 2.24) is 0 Å². The van der Waals surface area contributed by atoms with E-state index in [4.69, 9.17) is 66.3 Å². The Morgan fingerprint density at radius 3 is 0.708 bits per heavy atom. The fourth-order valence-corrected chi connectivity index (χ4v) is 4.27. The van der Waals surface area contributed by atoms with Crippen molar-refractivity contribution in [2.75, 3.05) is 173 Å². The first-order valence-corrected chi connectivity index (χ1v) is 17.8. The molecule has 0 fully saturated rings. The van der Waals surface area contributed by atoms with E-state index in [0.717, 1.165) is 8.95 Å². The molecule has 0 spiro atoms. The van der Waals surface area contributed by atoms with Crippen LogP contribution in [-0.2, 0) is 56.8 Å². The zero-order valence-corrected chi connectivity index (χ0v) is 31.8. The highest BCUT2D eigenvalue weighted by Gasteiger charge is 2.09. The van der Waals surface area contributed by atoms with Gasteiger partial charge in [-0.1, -0.05) is 0 Å². The molecule has 0 saturated heterocycles. The second-order valence-corrected chi connectivity index (χ2v) is 11.2. The lowest BCUT2D eigenvalue weighted by molar-refractivity contribution is -0.0159. The summed E-state index contributed by atoms with van der Waals surface area (Å²) in [6.07, 6.45) is 0. The van der Waals surface area contributed by atoms with Crippen molar-refractivity contribution in [2.24, 2.45) is 0 Å².